The minimum Gasteiger partial charge on any atom is -0.449 e. The molecule has 0 aliphatic carbocycles. The van der Waals surface area contributed by atoms with Gasteiger partial charge in [-0.3, -0.25) is 10.1 Å². The number of ether oxygens (including phenoxy) is 1. The van der Waals surface area contributed by atoms with Crippen molar-refractivity contribution in [2.45, 2.75) is 0 Å². The van der Waals surface area contributed by atoms with E-state index >= 15 is 0 Å². The highest BCUT2D eigenvalue weighted by Crippen LogP contribution is 2.35. The Labute approximate surface area is 117 Å². The lowest BCUT2D eigenvalue weighted by Crippen LogP contribution is -1.96. The van der Waals surface area contributed by atoms with Gasteiger partial charge in [0, 0.05) is 0 Å². The largest absolute Gasteiger partial charge is 0.449 e. The summed E-state index contributed by atoms with van der Waals surface area (Å²) >= 11 is 5.83. The lowest BCUT2D eigenvalue weighted by Gasteiger charge is -2.08. The highest BCUT2D eigenvalue weighted by molar-refractivity contribution is 6.31. The van der Waals surface area contributed by atoms with Crippen LogP contribution in [0.2, 0.25) is 5.02 Å². The van der Waals surface area contributed by atoms with Crippen molar-refractivity contribution in [2.24, 2.45) is 0 Å². The van der Waals surface area contributed by atoms with Crippen LogP contribution in [0.5, 0.6) is 11.5 Å². The zero-order chi connectivity index (χ0) is 14.7. The van der Waals surface area contributed by atoms with E-state index in [1.807, 2.05) is 6.07 Å². The first-order valence-electron chi connectivity index (χ1n) is 5.33. The zero-order valence-corrected chi connectivity index (χ0v) is 10.6. The van der Waals surface area contributed by atoms with Gasteiger partial charge in [0.2, 0.25) is 5.75 Å². The van der Waals surface area contributed by atoms with Gasteiger partial charge in [-0.25, -0.2) is 4.39 Å². The Balaban J connectivity index is 2.49. The predicted octanol–water partition coefficient (Wildman–Crippen LogP) is 4.05. The molecule has 7 heteroatoms. The van der Waals surface area contributed by atoms with Crippen LogP contribution in [-0.2, 0) is 0 Å². The van der Waals surface area contributed by atoms with Crippen molar-refractivity contribution in [3.63, 3.8) is 0 Å². The Bertz CT molecular complexity index is 728. The molecular weight excluding hydrogens is 287 g/mol. The van der Waals surface area contributed by atoms with Gasteiger partial charge in [0.15, 0.2) is 0 Å². The van der Waals surface area contributed by atoms with Crippen LogP contribution in [0, 0.1) is 27.3 Å². The first-order chi connectivity index (χ1) is 9.52. The normalized spacial score (nSPS) is 9.85. The van der Waals surface area contributed by atoms with E-state index in [1.165, 1.54) is 18.2 Å². The van der Waals surface area contributed by atoms with E-state index in [9.17, 15) is 14.5 Å². The second-order valence-electron chi connectivity index (χ2n) is 3.70. The molecule has 0 spiro atoms. The summed E-state index contributed by atoms with van der Waals surface area (Å²) in [5, 5.41) is 20.0. The quantitative estimate of drug-likeness (QED) is 0.631. The third-order valence-electron chi connectivity index (χ3n) is 2.42. The van der Waals surface area contributed by atoms with Gasteiger partial charge in [-0.05, 0) is 24.3 Å². The second-order valence-corrected chi connectivity index (χ2v) is 4.10. The van der Waals surface area contributed by atoms with Crippen molar-refractivity contribution in [2.75, 3.05) is 0 Å². The van der Waals surface area contributed by atoms with Gasteiger partial charge < -0.3 is 4.74 Å². The van der Waals surface area contributed by atoms with E-state index in [4.69, 9.17) is 21.6 Å². The molecule has 0 amide bonds. The number of halogens is 2. The van der Waals surface area contributed by atoms with Gasteiger partial charge in [-0.2, -0.15) is 5.26 Å². The monoisotopic (exact) mass is 292 g/mol. The summed E-state index contributed by atoms with van der Waals surface area (Å²) in [6.45, 7) is 0. The number of hydrogen-bond acceptors (Lipinski definition) is 4. The maximum Gasteiger partial charge on any atom is 0.314 e. The average Bonchev–Trinajstić information content (AvgIpc) is 2.41. The van der Waals surface area contributed by atoms with Crippen LogP contribution in [0.1, 0.15) is 5.56 Å². The van der Waals surface area contributed by atoms with Gasteiger partial charge in [-0.15, -0.1) is 0 Å². The smallest absolute Gasteiger partial charge is 0.314 e. The van der Waals surface area contributed by atoms with E-state index in [2.05, 4.69) is 0 Å². The lowest BCUT2D eigenvalue weighted by atomic mass is 10.2. The fraction of sp³-hybridized carbons (Fsp3) is 0. The topological polar surface area (TPSA) is 76.2 Å². The molecule has 0 N–H and O–H groups in total. The molecule has 0 heterocycles. The van der Waals surface area contributed by atoms with Crippen LogP contribution < -0.4 is 4.74 Å². The van der Waals surface area contributed by atoms with E-state index in [-0.39, 0.29) is 22.1 Å². The molecule has 0 aliphatic heterocycles. The third kappa shape index (κ3) is 2.68. The minimum atomic E-state index is -0.769. The number of benzene rings is 2. The number of nitro benzene ring substituents is 1. The van der Waals surface area contributed by atoms with Gasteiger partial charge in [-0.1, -0.05) is 17.7 Å². The molecule has 0 unspecified atom stereocenters. The molecule has 20 heavy (non-hydrogen) atoms. The standard InChI is InChI=1S/C13H6ClFN2O3/c14-10-2-1-3-12(9(10)7-16)20-13-5-4-8(15)6-11(13)17(18)19/h1-6H. The summed E-state index contributed by atoms with van der Waals surface area (Å²) in [6, 6.07) is 9.20. The molecule has 0 radical (unpaired) electrons. The molecular formula is C13H6ClFN2O3. The molecule has 0 bridgehead atoms. The second kappa shape index (κ2) is 5.55. The van der Waals surface area contributed by atoms with E-state index < -0.39 is 16.4 Å². The van der Waals surface area contributed by atoms with Crippen LogP contribution >= 0.6 is 11.6 Å². The van der Waals surface area contributed by atoms with Gasteiger partial charge in [0.1, 0.15) is 23.2 Å². The average molecular weight is 293 g/mol. The molecule has 2 aromatic rings. The third-order valence-corrected chi connectivity index (χ3v) is 2.74. The minimum absolute atomic E-state index is 0.0489. The van der Waals surface area contributed by atoms with Crippen molar-refractivity contribution < 1.29 is 14.1 Å². The van der Waals surface area contributed by atoms with Crippen LogP contribution in [0.25, 0.3) is 0 Å². The molecule has 0 aromatic heterocycles. The summed E-state index contributed by atoms with van der Waals surface area (Å²) in [5.74, 6) is -0.861. The molecule has 0 fully saturated rings. The summed E-state index contributed by atoms with van der Waals surface area (Å²) in [4.78, 5) is 10.1. The highest BCUT2D eigenvalue weighted by atomic mass is 35.5. The Morgan fingerprint density at radius 1 is 1.30 bits per heavy atom. The van der Waals surface area contributed by atoms with Crippen molar-refractivity contribution in [3.8, 4) is 17.6 Å². The number of nitro groups is 1. The molecule has 0 atom stereocenters. The van der Waals surface area contributed by atoms with Gasteiger partial charge in [0.05, 0.1) is 16.0 Å². The van der Waals surface area contributed by atoms with E-state index in [1.54, 1.807) is 0 Å². The van der Waals surface area contributed by atoms with Crippen LogP contribution in [-0.4, -0.2) is 4.92 Å². The first-order valence-corrected chi connectivity index (χ1v) is 5.71. The lowest BCUT2D eigenvalue weighted by molar-refractivity contribution is -0.385. The maximum absolute atomic E-state index is 13.0. The predicted molar refractivity (Wildman–Crippen MR) is 69.3 cm³/mol. The highest BCUT2D eigenvalue weighted by Gasteiger charge is 2.18. The zero-order valence-electron chi connectivity index (χ0n) is 9.84. The van der Waals surface area contributed by atoms with Crippen molar-refractivity contribution in [1.29, 1.82) is 5.26 Å². The Morgan fingerprint density at radius 3 is 2.70 bits per heavy atom. The number of nitriles is 1. The summed E-state index contributed by atoms with van der Waals surface area (Å²) in [7, 11) is 0. The molecule has 0 saturated heterocycles. The first kappa shape index (κ1) is 13.8. The number of nitrogens with zero attached hydrogens (tertiary/aromatic N) is 2. The molecule has 2 rings (SSSR count). The molecule has 5 nitrogen and oxygen atoms in total. The van der Waals surface area contributed by atoms with Crippen LogP contribution in [0.3, 0.4) is 0 Å². The van der Waals surface area contributed by atoms with Crippen LogP contribution in [0.4, 0.5) is 10.1 Å². The summed E-state index contributed by atoms with van der Waals surface area (Å²) in [6.07, 6.45) is 0. The SMILES string of the molecule is N#Cc1c(Cl)cccc1Oc1ccc(F)cc1[N+](=O)[O-]. The summed E-state index contributed by atoms with van der Waals surface area (Å²) in [5.41, 5.74) is -0.485. The van der Waals surface area contributed by atoms with E-state index in [0.717, 1.165) is 18.2 Å². The van der Waals surface area contributed by atoms with Gasteiger partial charge in [0.25, 0.3) is 0 Å². The van der Waals surface area contributed by atoms with E-state index in [0.29, 0.717) is 0 Å². The van der Waals surface area contributed by atoms with Crippen molar-refractivity contribution in [1.82, 2.24) is 0 Å². The Morgan fingerprint density at radius 2 is 2.05 bits per heavy atom. The Kier molecular flexibility index (Phi) is 3.82. The Hall–Kier alpha value is -2.65. The summed E-state index contributed by atoms with van der Waals surface area (Å²) < 4.78 is 18.3. The number of hydrogen-bond donors (Lipinski definition) is 0. The fourth-order valence-corrected chi connectivity index (χ4v) is 1.74. The maximum atomic E-state index is 13.0. The molecule has 0 aliphatic rings. The molecule has 0 saturated carbocycles. The fourth-order valence-electron chi connectivity index (χ4n) is 1.54. The van der Waals surface area contributed by atoms with Crippen molar-refractivity contribution in [3.05, 3.63) is 62.9 Å². The number of rotatable bonds is 3. The van der Waals surface area contributed by atoms with Gasteiger partial charge >= 0.3 is 5.69 Å². The van der Waals surface area contributed by atoms with Crippen LogP contribution in [0.15, 0.2) is 36.4 Å². The van der Waals surface area contributed by atoms with Crippen molar-refractivity contribution >= 4 is 17.3 Å². The molecule has 100 valence electrons. The molecule has 2 aromatic carbocycles.